The van der Waals surface area contributed by atoms with Crippen LogP contribution in [-0.4, -0.2) is 16.2 Å². The van der Waals surface area contributed by atoms with Crippen LogP contribution in [0.15, 0.2) is 72.8 Å². The number of H-pyrrole nitrogens is 1. The number of carbonyl (C=O) groups is 1. The van der Waals surface area contributed by atoms with Crippen molar-refractivity contribution in [1.82, 2.24) is 4.98 Å². The van der Waals surface area contributed by atoms with E-state index >= 15 is 0 Å². The van der Waals surface area contributed by atoms with E-state index < -0.39 is 4.92 Å². The Labute approximate surface area is 149 Å². The molecule has 1 aromatic heterocycles. The van der Waals surface area contributed by atoms with Crippen LogP contribution < -0.4 is 0 Å². The fraction of sp³-hybridized carbons (Fsp3) is 0. The van der Waals surface area contributed by atoms with Gasteiger partial charge < -0.3 is 4.98 Å². The van der Waals surface area contributed by atoms with Gasteiger partial charge in [-0.15, -0.1) is 0 Å². The molecule has 0 amide bonds. The highest BCUT2D eigenvalue weighted by atomic mass is 16.6. The zero-order valence-electron chi connectivity index (χ0n) is 13.7. The van der Waals surface area contributed by atoms with E-state index in [1.54, 1.807) is 6.07 Å². The van der Waals surface area contributed by atoms with E-state index in [1.807, 2.05) is 54.6 Å². The van der Waals surface area contributed by atoms with Crippen molar-refractivity contribution < 1.29 is 9.72 Å². The lowest BCUT2D eigenvalue weighted by Gasteiger charge is -2.04. The van der Waals surface area contributed by atoms with Crippen molar-refractivity contribution in [2.75, 3.05) is 0 Å². The van der Waals surface area contributed by atoms with Crippen LogP contribution in [0.3, 0.4) is 0 Å². The Hall–Kier alpha value is -3.73. The van der Waals surface area contributed by atoms with Crippen LogP contribution in [0.4, 0.5) is 5.69 Å². The van der Waals surface area contributed by atoms with Gasteiger partial charge >= 0.3 is 0 Å². The number of nitrogens with zero attached hydrogens (tertiary/aromatic N) is 1. The zero-order chi connectivity index (χ0) is 18.1. The maximum Gasteiger partial charge on any atom is 0.270 e. The number of aldehydes is 1. The van der Waals surface area contributed by atoms with Crippen molar-refractivity contribution in [3.05, 3.63) is 88.5 Å². The van der Waals surface area contributed by atoms with Gasteiger partial charge in [-0.2, -0.15) is 0 Å². The van der Waals surface area contributed by atoms with E-state index in [9.17, 15) is 14.9 Å². The predicted octanol–water partition coefficient (Wildman–Crippen LogP) is 5.22. The van der Waals surface area contributed by atoms with Gasteiger partial charge in [-0.25, -0.2) is 0 Å². The number of nitro benzene ring substituents is 1. The van der Waals surface area contributed by atoms with E-state index in [0.717, 1.165) is 23.0 Å². The lowest BCUT2D eigenvalue weighted by molar-refractivity contribution is -0.384. The Morgan fingerprint density at radius 2 is 1.50 bits per heavy atom. The highest BCUT2D eigenvalue weighted by molar-refractivity contribution is 6.05. The molecule has 3 aromatic carbocycles. The fourth-order valence-electron chi connectivity index (χ4n) is 3.12. The molecule has 0 radical (unpaired) electrons. The van der Waals surface area contributed by atoms with E-state index in [-0.39, 0.29) is 5.69 Å². The van der Waals surface area contributed by atoms with E-state index in [1.165, 1.54) is 12.1 Å². The molecule has 26 heavy (non-hydrogen) atoms. The van der Waals surface area contributed by atoms with Gasteiger partial charge in [0.25, 0.3) is 5.69 Å². The molecule has 0 bridgehead atoms. The molecule has 1 N–H and O–H groups in total. The highest BCUT2D eigenvalue weighted by Crippen LogP contribution is 2.32. The number of non-ortho nitro benzene ring substituents is 1. The largest absolute Gasteiger partial charge is 0.354 e. The molecule has 126 valence electrons. The van der Waals surface area contributed by atoms with Gasteiger partial charge in [-0.1, -0.05) is 54.6 Å². The third kappa shape index (κ3) is 2.65. The molecule has 0 saturated carbocycles. The molecule has 0 saturated heterocycles. The van der Waals surface area contributed by atoms with Crippen LogP contribution in [-0.2, 0) is 0 Å². The van der Waals surface area contributed by atoms with Crippen molar-refractivity contribution in [3.63, 3.8) is 0 Å². The summed E-state index contributed by atoms with van der Waals surface area (Å²) in [5.41, 5.74) is 4.79. The SMILES string of the molecule is O=Cc1c(-c2ccc(-c3ccccc3)cc2)[nH]c2ccc([N+](=O)[O-])cc12. The Bertz CT molecular complexity index is 1110. The standard InChI is InChI=1S/C21H14N2O3/c24-13-19-18-12-17(23(25)26)10-11-20(18)22-21(19)16-8-6-15(7-9-16)14-4-2-1-3-5-14/h1-13,22H. The number of nitrogens with one attached hydrogen (secondary N) is 1. The molecule has 4 aromatic rings. The molecule has 0 aliphatic heterocycles. The summed E-state index contributed by atoms with van der Waals surface area (Å²) in [6.07, 6.45) is 0.739. The highest BCUT2D eigenvalue weighted by Gasteiger charge is 2.16. The molecular weight excluding hydrogens is 328 g/mol. The number of hydrogen-bond acceptors (Lipinski definition) is 3. The van der Waals surface area contributed by atoms with Gasteiger partial charge in [-0.05, 0) is 22.8 Å². The fourth-order valence-corrected chi connectivity index (χ4v) is 3.12. The van der Waals surface area contributed by atoms with Crippen LogP contribution in [0.2, 0.25) is 0 Å². The number of aromatic nitrogens is 1. The molecule has 0 fully saturated rings. The topological polar surface area (TPSA) is 76.0 Å². The van der Waals surface area contributed by atoms with Crippen molar-refractivity contribution in [1.29, 1.82) is 0 Å². The molecule has 0 aliphatic rings. The lowest BCUT2D eigenvalue weighted by atomic mass is 10.0. The van der Waals surface area contributed by atoms with E-state index in [0.29, 0.717) is 22.2 Å². The molecule has 5 nitrogen and oxygen atoms in total. The van der Waals surface area contributed by atoms with Gasteiger partial charge in [0.1, 0.15) is 0 Å². The molecule has 4 rings (SSSR count). The Kier molecular flexibility index (Phi) is 3.82. The first-order valence-corrected chi connectivity index (χ1v) is 8.08. The molecule has 0 aliphatic carbocycles. The first kappa shape index (κ1) is 15.8. The minimum atomic E-state index is -0.463. The molecule has 0 spiro atoms. The third-order valence-electron chi connectivity index (χ3n) is 4.43. The number of aromatic amines is 1. The molecule has 0 unspecified atom stereocenters. The van der Waals surface area contributed by atoms with Gasteiger partial charge in [-0.3, -0.25) is 14.9 Å². The van der Waals surface area contributed by atoms with Gasteiger partial charge in [0.05, 0.1) is 10.6 Å². The van der Waals surface area contributed by atoms with E-state index in [4.69, 9.17) is 0 Å². The number of fused-ring (bicyclic) bond motifs is 1. The third-order valence-corrected chi connectivity index (χ3v) is 4.43. The summed E-state index contributed by atoms with van der Waals surface area (Å²) in [6, 6.07) is 22.4. The Morgan fingerprint density at radius 1 is 0.846 bits per heavy atom. The van der Waals surface area contributed by atoms with Gasteiger partial charge in [0.2, 0.25) is 0 Å². The maximum absolute atomic E-state index is 11.7. The second-order valence-electron chi connectivity index (χ2n) is 5.96. The minimum absolute atomic E-state index is 0.0365. The van der Waals surface area contributed by atoms with Crippen LogP contribution in [0.5, 0.6) is 0 Å². The number of benzene rings is 3. The first-order valence-electron chi connectivity index (χ1n) is 8.08. The molecular formula is C21H14N2O3. The average Bonchev–Trinajstić information content (AvgIpc) is 3.06. The quantitative estimate of drug-likeness (QED) is 0.314. The second kappa shape index (κ2) is 6.29. The number of nitro groups is 1. The number of rotatable bonds is 4. The van der Waals surface area contributed by atoms with Crippen LogP contribution in [0, 0.1) is 10.1 Å². The zero-order valence-corrected chi connectivity index (χ0v) is 13.7. The smallest absolute Gasteiger partial charge is 0.270 e. The lowest BCUT2D eigenvalue weighted by Crippen LogP contribution is -1.87. The van der Waals surface area contributed by atoms with Crippen LogP contribution in [0.25, 0.3) is 33.3 Å². The van der Waals surface area contributed by atoms with Crippen molar-refractivity contribution in [2.24, 2.45) is 0 Å². The second-order valence-corrected chi connectivity index (χ2v) is 5.96. The minimum Gasteiger partial charge on any atom is -0.354 e. The van der Waals surface area contributed by atoms with Gasteiger partial charge in [0, 0.05) is 28.6 Å². The summed E-state index contributed by atoms with van der Waals surface area (Å²) in [7, 11) is 0. The monoisotopic (exact) mass is 342 g/mol. The summed E-state index contributed by atoms with van der Waals surface area (Å²) < 4.78 is 0. The first-order chi connectivity index (χ1) is 12.7. The van der Waals surface area contributed by atoms with Crippen LogP contribution >= 0.6 is 0 Å². The van der Waals surface area contributed by atoms with Crippen LogP contribution in [0.1, 0.15) is 10.4 Å². The Morgan fingerprint density at radius 3 is 2.15 bits per heavy atom. The van der Waals surface area contributed by atoms with Crippen molar-refractivity contribution >= 4 is 22.9 Å². The maximum atomic E-state index is 11.7. The van der Waals surface area contributed by atoms with Crippen molar-refractivity contribution in [2.45, 2.75) is 0 Å². The summed E-state index contributed by atoms with van der Waals surface area (Å²) >= 11 is 0. The average molecular weight is 342 g/mol. The predicted molar refractivity (Wildman–Crippen MR) is 101 cm³/mol. The summed E-state index contributed by atoms with van der Waals surface area (Å²) in [4.78, 5) is 25.4. The molecule has 5 heteroatoms. The molecule has 1 heterocycles. The Balaban J connectivity index is 1.81. The summed E-state index contributed by atoms with van der Waals surface area (Å²) in [5, 5.41) is 11.6. The van der Waals surface area contributed by atoms with E-state index in [2.05, 4.69) is 4.98 Å². The summed E-state index contributed by atoms with van der Waals surface area (Å²) in [6.45, 7) is 0. The van der Waals surface area contributed by atoms with Gasteiger partial charge in [0.15, 0.2) is 6.29 Å². The number of hydrogen-bond donors (Lipinski definition) is 1. The van der Waals surface area contributed by atoms with Crippen molar-refractivity contribution in [3.8, 4) is 22.4 Å². The number of carbonyl (C=O) groups excluding carboxylic acids is 1. The molecule has 0 atom stereocenters. The normalized spacial score (nSPS) is 10.8. The summed E-state index contributed by atoms with van der Waals surface area (Å²) in [5.74, 6) is 0.